The molecule has 0 radical (unpaired) electrons. The van der Waals surface area contributed by atoms with Gasteiger partial charge in [0.1, 0.15) is 5.69 Å². The first kappa shape index (κ1) is 20.0. The molecular weight excluding hydrogens is 380 g/mol. The van der Waals surface area contributed by atoms with Gasteiger partial charge in [0.05, 0.1) is 28.2 Å². The molecule has 30 heavy (non-hydrogen) atoms. The molecule has 0 saturated carbocycles. The van der Waals surface area contributed by atoms with Gasteiger partial charge in [-0.2, -0.15) is 5.10 Å². The molecule has 0 atom stereocenters. The first-order valence-corrected chi connectivity index (χ1v) is 10.2. The van der Waals surface area contributed by atoms with E-state index in [1.165, 1.54) is 6.07 Å². The smallest absolute Gasteiger partial charge is 0.274 e. The lowest BCUT2D eigenvalue weighted by molar-refractivity contribution is 0.100. The molecule has 1 aromatic carbocycles. The van der Waals surface area contributed by atoms with Crippen LogP contribution >= 0.6 is 0 Å². The normalized spacial score (nSPS) is 14.7. The lowest BCUT2D eigenvalue weighted by atomic mass is 9.98. The number of aryl methyl sites for hydroxylation is 1. The minimum Gasteiger partial charge on any atom is -0.366 e. The van der Waals surface area contributed by atoms with Crippen LogP contribution in [0.25, 0.3) is 10.9 Å². The summed E-state index contributed by atoms with van der Waals surface area (Å²) in [5.41, 5.74) is 8.85. The second kappa shape index (κ2) is 8.23. The zero-order chi connectivity index (χ0) is 21.3. The SMILES string of the molecule is Cc1nn(CC2CCNCC2)c(C)c1NC(=O)c1cc(C(N)=O)c2ccccc2n1. The van der Waals surface area contributed by atoms with Crippen LogP contribution < -0.4 is 16.4 Å². The quantitative estimate of drug-likeness (QED) is 0.602. The van der Waals surface area contributed by atoms with Gasteiger partial charge in [-0.15, -0.1) is 0 Å². The maximum Gasteiger partial charge on any atom is 0.274 e. The van der Waals surface area contributed by atoms with Crippen LogP contribution in [-0.2, 0) is 6.54 Å². The molecule has 1 saturated heterocycles. The number of anilines is 1. The number of benzene rings is 1. The van der Waals surface area contributed by atoms with E-state index >= 15 is 0 Å². The molecule has 156 valence electrons. The highest BCUT2D eigenvalue weighted by Gasteiger charge is 2.21. The third kappa shape index (κ3) is 3.91. The van der Waals surface area contributed by atoms with Crippen molar-refractivity contribution in [1.29, 1.82) is 0 Å². The molecule has 3 aromatic rings. The number of carbonyl (C=O) groups is 2. The molecule has 2 aromatic heterocycles. The van der Waals surface area contributed by atoms with E-state index < -0.39 is 11.8 Å². The van der Waals surface area contributed by atoms with Gasteiger partial charge in [0, 0.05) is 11.9 Å². The van der Waals surface area contributed by atoms with Crippen molar-refractivity contribution in [2.75, 3.05) is 18.4 Å². The van der Waals surface area contributed by atoms with Crippen molar-refractivity contribution in [3.63, 3.8) is 0 Å². The molecule has 8 nitrogen and oxygen atoms in total. The summed E-state index contributed by atoms with van der Waals surface area (Å²) in [6.07, 6.45) is 2.24. The molecule has 4 rings (SSSR count). The molecule has 3 heterocycles. The van der Waals surface area contributed by atoms with E-state index in [1.807, 2.05) is 18.5 Å². The molecular formula is C22H26N6O2. The summed E-state index contributed by atoms with van der Waals surface area (Å²) in [7, 11) is 0. The van der Waals surface area contributed by atoms with Crippen molar-refractivity contribution < 1.29 is 9.59 Å². The number of fused-ring (bicyclic) bond motifs is 1. The van der Waals surface area contributed by atoms with Crippen molar-refractivity contribution in [3.05, 3.63) is 53.0 Å². The summed E-state index contributed by atoms with van der Waals surface area (Å²) in [6, 6.07) is 8.58. The maximum absolute atomic E-state index is 13.0. The molecule has 0 aliphatic carbocycles. The summed E-state index contributed by atoms with van der Waals surface area (Å²) in [6.45, 7) is 6.74. The second-order valence-corrected chi connectivity index (χ2v) is 7.81. The number of nitrogens with two attached hydrogens (primary N) is 1. The Labute approximate surface area is 174 Å². The third-order valence-corrected chi connectivity index (χ3v) is 5.72. The Bertz CT molecular complexity index is 1110. The number of hydrogen-bond acceptors (Lipinski definition) is 5. The van der Waals surface area contributed by atoms with Crippen LogP contribution in [0.3, 0.4) is 0 Å². The first-order chi connectivity index (χ1) is 14.4. The topological polar surface area (TPSA) is 115 Å². The largest absolute Gasteiger partial charge is 0.366 e. The summed E-state index contributed by atoms with van der Waals surface area (Å²) in [5, 5.41) is 11.6. The number of amides is 2. The summed E-state index contributed by atoms with van der Waals surface area (Å²) >= 11 is 0. The number of aromatic nitrogens is 3. The highest BCUT2D eigenvalue weighted by atomic mass is 16.2. The van der Waals surface area contributed by atoms with Crippen molar-refractivity contribution in [1.82, 2.24) is 20.1 Å². The number of hydrogen-bond donors (Lipinski definition) is 3. The fraction of sp³-hybridized carbons (Fsp3) is 0.364. The monoisotopic (exact) mass is 406 g/mol. The summed E-state index contributed by atoms with van der Waals surface area (Å²) in [4.78, 5) is 29.3. The highest BCUT2D eigenvalue weighted by molar-refractivity contribution is 6.10. The lowest BCUT2D eigenvalue weighted by Crippen LogP contribution is -2.30. The van der Waals surface area contributed by atoms with Gasteiger partial charge in [0.25, 0.3) is 5.91 Å². The second-order valence-electron chi connectivity index (χ2n) is 7.81. The molecule has 2 amide bonds. The predicted octanol–water partition coefficient (Wildman–Crippen LogP) is 2.40. The molecule has 0 spiro atoms. The minimum atomic E-state index is -0.593. The van der Waals surface area contributed by atoms with E-state index in [0.29, 0.717) is 22.5 Å². The number of piperidine rings is 1. The van der Waals surface area contributed by atoms with Crippen LogP contribution in [0.5, 0.6) is 0 Å². The van der Waals surface area contributed by atoms with Crippen LogP contribution in [0, 0.1) is 19.8 Å². The Morgan fingerprint density at radius 1 is 1.23 bits per heavy atom. The van der Waals surface area contributed by atoms with Crippen molar-refractivity contribution >= 4 is 28.4 Å². The summed E-state index contributed by atoms with van der Waals surface area (Å²) in [5.74, 6) is -0.409. The Morgan fingerprint density at radius 2 is 1.97 bits per heavy atom. The number of nitrogens with one attached hydrogen (secondary N) is 2. The predicted molar refractivity (Wildman–Crippen MR) is 116 cm³/mol. The Hall–Kier alpha value is -3.26. The molecule has 4 N–H and O–H groups in total. The van der Waals surface area contributed by atoms with Crippen LogP contribution in [-0.4, -0.2) is 39.7 Å². The number of carbonyl (C=O) groups excluding carboxylic acids is 2. The number of rotatable bonds is 5. The molecule has 1 aliphatic heterocycles. The third-order valence-electron chi connectivity index (χ3n) is 5.72. The average molecular weight is 406 g/mol. The Balaban J connectivity index is 1.60. The zero-order valence-corrected chi connectivity index (χ0v) is 17.2. The van der Waals surface area contributed by atoms with Gasteiger partial charge in [0.15, 0.2) is 0 Å². The van der Waals surface area contributed by atoms with Gasteiger partial charge >= 0.3 is 0 Å². The van der Waals surface area contributed by atoms with E-state index in [4.69, 9.17) is 5.73 Å². The number of pyridine rings is 1. The fourth-order valence-electron chi connectivity index (χ4n) is 4.04. The van der Waals surface area contributed by atoms with Gasteiger partial charge in [-0.1, -0.05) is 18.2 Å². The van der Waals surface area contributed by atoms with E-state index in [2.05, 4.69) is 20.7 Å². The van der Waals surface area contributed by atoms with Gasteiger partial charge in [-0.25, -0.2) is 4.98 Å². The van der Waals surface area contributed by atoms with Gasteiger partial charge in [-0.3, -0.25) is 14.3 Å². The van der Waals surface area contributed by atoms with Gasteiger partial charge in [0.2, 0.25) is 5.91 Å². The molecule has 1 aliphatic rings. The molecule has 0 bridgehead atoms. The Kier molecular flexibility index (Phi) is 5.50. The van der Waals surface area contributed by atoms with Crippen LogP contribution in [0.4, 0.5) is 5.69 Å². The molecule has 8 heteroatoms. The average Bonchev–Trinajstić information content (AvgIpc) is 3.00. The first-order valence-electron chi connectivity index (χ1n) is 10.2. The van der Waals surface area contributed by atoms with Crippen LogP contribution in [0.2, 0.25) is 0 Å². The van der Waals surface area contributed by atoms with Crippen LogP contribution in [0.15, 0.2) is 30.3 Å². The van der Waals surface area contributed by atoms with Crippen LogP contribution in [0.1, 0.15) is 45.1 Å². The van der Waals surface area contributed by atoms with Gasteiger partial charge < -0.3 is 16.4 Å². The van der Waals surface area contributed by atoms with Crippen molar-refractivity contribution in [2.45, 2.75) is 33.2 Å². The maximum atomic E-state index is 13.0. The number of nitrogens with zero attached hydrogens (tertiary/aromatic N) is 3. The fourth-order valence-corrected chi connectivity index (χ4v) is 4.04. The van der Waals surface area contributed by atoms with E-state index in [1.54, 1.807) is 24.3 Å². The zero-order valence-electron chi connectivity index (χ0n) is 17.2. The molecule has 1 fully saturated rings. The van der Waals surface area contributed by atoms with Crippen molar-refractivity contribution in [3.8, 4) is 0 Å². The number of primary amides is 1. The lowest BCUT2D eigenvalue weighted by Gasteiger charge is -2.23. The van der Waals surface area contributed by atoms with E-state index in [-0.39, 0.29) is 11.3 Å². The van der Waals surface area contributed by atoms with E-state index in [0.717, 1.165) is 43.9 Å². The number of para-hydroxylation sites is 1. The molecule has 0 unspecified atom stereocenters. The summed E-state index contributed by atoms with van der Waals surface area (Å²) < 4.78 is 1.98. The van der Waals surface area contributed by atoms with E-state index in [9.17, 15) is 9.59 Å². The Morgan fingerprint density at radius 3 is 2.70 bits per heavy atom. The standard InChI is InChI=1S/C22H26N6O2/c1-13-20(14(2)28(27-13)12-15-7-9-24-10-8-15)26-22(30)19-11-17(21(23)29)16-5-3-4-6-18(16)25-19/h3-6,11,15,24H,7-10,12H2,1-2H3,(H2,23,29)(H,26,30). The van der Waals surface area contributed by atoms with Crippen molar-refractivity contribution in [2.24, 2.45) is 11.7 Å². The minimum absolute atomic E-state index is 0.146. The highest BCUT2D eigenvalue weighted by Crippen LogP contribution is 2.24. The van der Waals surface area contributed by atoms with Gasteiger partial charge in [-0.05, 0) is 57.8 Å².